The predicted octanol–water partition coefficient (Wildman–Crippen LogP) is 3.86. The minimum atomic E-state index is -1.04. The van der Waals surface area contributed by atoms with Crippen molar-refractivity contribution in [3.05, 3.63) is 35.6 Å². The van der Waals surface area contributed by atoms with Gasteiger partial charge in [0.15, 0.2) is 0 Å². The van der Waals surface area contributed by atoms with Crippen LogP contribution < -0.4 is 0 Å². The molecule has 0 heterocycles. The summed E-state index contributed by atoms with van der Waals surface area (Å²) in [5.74, 6) is 0.620. The third-order valence-electron chi connectivity index (χ3n) is 4.23. The second kappa shape index (κ2) is 4.77. The van der Waals surface area contributed by atoms with E-state index in [0.717, 1.165) is 31.6 Å². The summed E-state index contributed by atoms with van der Waals surface area (Å²) >= 11 is 0. The van der Waals surface area contributed by atoms with Crippen molar-refractivity contribution >= 4 is 0 Å². The largest absolute Gasteiger partial charge is 0.385 e. The summed E-state index contributed by atoms with van der Waals surface area (Å²) in [6.45, 7) is 4.00. The molecule has 0 aromatic heterocycles. The molecule has 94 valence electrons. The zero-order valence-corrected chi connectivity index (χ0v) is 10.6. The molecule has 2 heteroatoms. The standard InChI is InChI=1S/C15H21FO/c1-11-7-9-12(10-8-11)15(2,17)13-5-3-4-6-14(13)16/h3-6,11-12,17H,7-10H2,1-2H3. The summed E-state index contributed by atoms with van der Waals surface area (Å²) in [6.07, 6.45) is 4.25. The first-order valence-electron chi connectivity index (χ1n) is 6.49. The number of hydrogen-bond donors (Lipinski definition) is 1. The van der Waals surface area contributed by atoms with Crippen LogP contribution in [0.2, 0.25) is 0 Å². The lowest BCUT2D eigenvalue weighted by molar-refractivity contribution is -0.0291. The molecule has 0 spiro atoms. The van der Waals surface area contributed by atoms with Gasteiger partial charge < -0.3 is 5.11 Å². The second-order valence-electron chi connectivity index (χ2n) is 5.58. The van der Waals surface area contributed by atoms with E-state index in [-0.39, 0.29) is 11.7 Å². The highest BCUT2D eigenvalue weighted by molar-refractivity contribution is 5.24. The van der Waals surface area contributed by atoms with E-state index in [0.29, 0.717) is 5.56 Å². The molecule has 1 N–H and O–H groups in total. The van der Waals surface area contributed by atoms with Crippen LogP contribution >= 0.6 is 0 Å². The third kappa shape index (κ3) is 2.52. The molecule has 0 bridgehead atoms. The topological polar surface area (TPSA) is 20.2 Å². The molecule has 1 aliphatic rings. The SMILES string of the molecule is CC1CCC(C(C)(O)c2ccccc2F)CC1. The highest BCUT2D eigenvalue weighted by Gasteiger charge is 2.37. The highest BCUT2D eigenvalue weighted by Crippen LogP contribution is 2.41. The van der Waals surface area contributed by atoms with Crippen molar-refractivity contribution in [2.75, 3.05) is 0 Å². The minimum Gasteiger partial charge on any atom is -0.385 e. The molecule has 0 saturated heterocycles. The van der Waals surface area contributed by atoms with Crippen LogP contribution in [0.3, 0.4) is 0 Å². The van der Waals surface area contributed by atoms with Crippen LogP contribution in [0, 0.1) is 17.7 Å². The van der Waals surface area contributed by atoms with Crippen LogP contribution in [0.4, 0.5) is 4.39 Å². The van der Waals surface area contributed by atoms with Gasteiger partial charge in [-0.05, 0) is 37.7 Å². The fourth-order valence-electron chi connectivity index (χ4n) is 2.91. The Morgan fingerprint density at radius 3 is 2.35 bits per heavy atom. The average Bonchev–Trinajstić information content (AvgIpc) is 2.30. The van der Waals surface area contributed by atoms with Crippen LogP contribution in [-0.2, 0) is 5.60 Å². The summed E-state index contributed by atoms with van der Waals surface area (Å²) in [5.41, 5.74) is -0.592. The summed E-state index contributed by atoms with van der Waals surface area (Å²) < 4.78 is 13.8. The second-order valence-corrected chi connectivity index (χ2v) is 5.58. The molecular formula is C15H21FO. The Hall–Kier alpha value is -0.890. The predicted molar refractivity (Wildman–Crippen MR) is 67.1 cm³/mol. The molecule has 0 radical (unpaired) electrons. The van der Waals surface area contributed by atoms with Crippen molar-refractivity contribution in [2.24, 2.45) is 11.8 Å². The number of aliphatic hydroxyl groups is 1. The Bertz CT molecular complexity index is 378. The van der Waals surface area contributed by atoms with Crippen molar-refractivity contribution in [2.45, 2.75) is 45.1 Å². The maximum atomic E-state index is 13.8. The van der Waals surface area contributed by atoms with Crippen LogP contribution in [-0.4, -0.2) is 5.11 Å². The molecule has 1 aliphatic carbocycles. The Balaban J connectivity index is 2.21. The van der Waals surface area contributed by atoms with Crippen molar-refractivity contribution in [3.63, 3.8) is 0 Å². The fraction of sp³-hybridized carbons (Fsp3) is 0.600. The Morgan fingerprint density at radius 2 is 1.76 bits per heavy atom. The normalized spacial score (nSPS) is 28.7. The zero-order valence-electron chi connectivity index (χ0n) is 10.6. The van der Waals surface area contributed by atoms with Gasteiger partial charge in [0.2, 0.25) is 0 Å². The van der Waals surface area contributed by atoms with Gasteiger partial charge in [-0.1, -0.05) is 38.0 Å². The van der Waals surface area contributed by atoms with Gasteiger partial charge in [-0.15, -0.1) is 0 Å². The number of hydrogen-bond acceptors (Lipinski definition) is 1. The molecule has 1 fully saturated rings. The third-order valence-corrected chi connectivity index (χ3v) is 4.23. The lowest BCUT2D eigenvalue weighted by atomic mass is 9.72. The molecule has 1 atom stereocenters. The van der Waals surface area contributed by atoms with Gasteiger partial charge in [-0.3, -0.25) is 0 Å². The first-order valence-corrected chi connectivity index (χ1v) is 6.49. The molecule has 1 nitrogen and oxygen atoms in total. The van der Waals surface area contributed by atoms with Crippen molar-refractivity contribution < 1.29 is 9.50 Å². The highest BCUT2D eigenvalue weighted by atomic mass is 19.1. The quantitative estimate of drug-likeness (QED) is 0.826. The molecule has 1 unspecified atom stereocenters. The maximum Gasteiger partial charge on any atom is 0.129 e. The van der Waals surface area contributed by atoms with Crippen molar-refractivity contribution in [3.8, 4) is 0 Å². The molecule has 2 rings (SSSR count). The van der Waals surface area contributed by atoms with E-state index in [1.807, 2.05) is 0 Å². The maximum absolute atomic E-state index is 13.8. The number of rotatable bonds is 2. The summed E-state index contributed by atoms with van der Waals surface area (Å²) in [5, 5.41) is 10.6. The number of halogens is 1. The fourth-order valence-corrected chi connectivity index (χ4v) is 2.91. The monoisotopic (exact) mass is 236 g/mol. The summed E-state index contributed by atoms with van der Waals surface area (Å²) in [6, 6.07) is 6.58. The molecular weight excluding hydrogens is 215 g/mol. The molecule has 1 aromatic carbocycles. The Labute approximate surface area is 103 Å². The van der Waals surface area contributed by atoms with Gasteiger partial charge in [-0.2, -0.15) is 0 Å². The van der Waals surface area contributed by atoms with Crippen molar-refractivity contribution in [1.29, 1.82) is 0 Å². The smallest absolute Gasteiger partial charge is 0.129 e. The van der Waals surface area contributed by atoms with Crippen LogP contribution in [0.1, 0.15) is 45.1 Å². The molecule has 1 saturated carbocycles. The Kier molecular flexibility index (Phi) is 3.53. The van der Waals surface area contributed by atoms with E-state index < -0.39 is 5.60 Å². The molecule has 0 aliphatic heterocycles. The summed E-state index contributed by atoms with van der Waals surface area (Å²) in [7, 11) is 0. The molecule has 1 aromatic rings. The van der Waals surface area contributed by atoms with Crippen LogP contribution in [0.25, 0.3) is 0 Å². The van der Waals surface area contributed by atoms with E-state index in [2.05, 4.69) is 6.92 Å². The van der Waals surface area contributed by atoms with E-state index in [1.54, 1.807) is 25.1 Å². The van der Waals surface area contributed by atoms with Gasteiger partial charge in [-0.25, -0.2) is 4.39 Å². The average molecular weight is 236 g/mol. The molecule has 17 heavy (non-hydrogen) atoms. The number of benzene rings is 1. The van der Waals surface area contributed by atoms with Gasteiger partial charge in [0, 0.05) is 5.56 Å². The van der Waals surface area contributed by atoms with Gasteiger partial charge in [0.1, 0.15) is 5.82 Å². The first kappa shape index (κ1) is 12.6. The molecule has 0 amide bonds. The van der Waals surface area contributed by atoms with Gasteiger partial charge in [0.25, 0.3) is 0 Å². The summed E-state index contributed by atoms with van der Waals surface area (Å²) in [4.78, 5) is 0. The van der Waals surface area contributed by atoms with E-state index in [4.69, 9.17) is 0 Å². The van der Waals surface area contributed by atoms with Gasteiger partial charge in [0.05, 0.1) is 5.60 Å². The first-order chi connectivity index (χ1) is 8.01. The van der Waals surface area contributed by atoms with E-state index >= 15 is 0 Å². The zero-order chi connectivity index (χ0) is 12.5. The van der Waals surface area contributed by atoms with Crippen LogP contribution in [0.5, 0.6) is 0 Å². The van der Waals surface area contributed by atoms with Crippen molar-refractivity contribution in [1.82, 2.24) is 0 Å². The van der Waals surface area contributed by atoms with E-state index in [1.165, 1.54) is 6.07 Å². The Morgan fingerprint density at radius 1 is 1.18 bits per heavy atom. The van der Waals surface area contributed by atoms with E-state index in [9.17, 15) is 9.50 Å². The lowest BCUT2D eigenvalue weighted by Crippen LogP contribution is -2.35. The minimum absolute atomic E-state index is 0.176. The van der Waals surface area contributed by atoms with Crippen LogP contribution in [0.15, 0.2) is 24.3 Å². The van der Waals surface area contributed by atoms with Gasteiger partial charge >= 0.3 is 0 Å². The lowest BCUT2D eigenvalue weighted by Gasteiger charge is -2.37.